The Hall–Kier alpha value is -4.18. The van der Waals surface area contributed by atoms with Gasteiger partial charge in [0.1, 0.15) is 0 Å². The average molecular weight is 463 g/mol. The third-order valence-electron chi connectivity index (χ3n) is 6.02. The van der Waals surface area contributed by atoms with Gasteiger partial charge in [-0.1, -0.05) is 90.5 Å². The lowest BCUT2D eigenvalue weighted by Crippen LogP contribution is -2.30. The molecule has 0 atom stereocenters. The van der Waals surface area contributed by atoms with Crippen LogP contribution in [0.5, 0.6) is 0 Å². The summed E-state index contributed by atoms with van der Waals surface area (Å²) >= 11 is 0. The van der Waals surface area contributed by atoms with Gasteiger partial charge in [-0.3, -0.25) is 9.59 Å². The van der Waals surface area contributed by atoms with Crippen LogP contribution in [0, 0.1) is 6.92 Å². The number of rotatable bonds is 8. The summed E-state index contributed by atoms with van der Waals surface area (Å²) in [7, 11) is 1.82. The molecule has 0 radical (unpaired) electrons. The van der Waals surface area contributed by atoms with E-state index in [4.69, 9.17) is 0 Å². The first-order valence-electron chi connectivity index (χ1n) is 11.8. The zero-order chi connectivity index (χ0) is 24.6. The Morgan fingerprint density at radius 1 is 0.629 bits per heavy atom. The van der Waals surface area contributed by atoms with E-state index in [9.17, 15) is 9.59 Å². The highest BCUT2D eigenvalue weighted by atomic mass is 16.2. The van der Waals surface area contributed by atoms with Gasteiger partial charge in [0, 0.05) is 24.8 Å². The van der Waals surface area contributed by atoms with Gasteiger partial charge in [-0.25, -0.2) is 0 Å². The number of amides is 2. The van der Waals surface area contributed by atoms with Crippen LogP contribution in [0.2, 0.25) is 0 Å². The highest BCUT2D eigenvalue weighted by Crippen LogP contribution is 2.22. The second-order valence-corrected chi connectivity index (χ2v) is 8.82. The Labute approximate surface area is 207 Å². The number of benzene rings is 4. The molecular formula is C31H30N2O2. The highest BCUT2D eigenvalue weighted by molar-refractivity contribution is 6.06. The number of likely N-dealkylation sites (N-methyl/N-ethyl adjacent to an activating group) is 1. The minimum Gasteiger partial charge on any atom is -0.341 e. The molecule has 4 aromatic carbocycles. The Morgan fingerprint density at radius 3 is 1.74 bits per heavy atom. The topological polar surface area (TPSA) is 40.6 Å². The van der Waals surface area contributed by atoms with E-state index in [1.807, 2.05) is 123 Å². The maximum absolute atomic E-state index is 13.5. The van der Waals surface area contributed by atoms with Gasteiger partial charge in [0.25, 0.3) is 5.91 Å². The molecule has 0 aliphatic carbocycles. The van der Waals surface area contributed by atoms with E-state index in [-0.39, 0.29) is 11.8 Å². The maximum Gasteiger partial charge on any atom is 0.258 e. The minimum atomic E-state index is -0.0553. The molecule has 0 spiro atoms. The summed E-state index contributed by atoms with van der Waals surface area (Å²) < 4.78 is 0. The van der Waals surface area contributed by atoms with Crippen LogP contribution in [-0.4, -0.2) is 23.8 Å². The lowest BCUT2D eigenvalue weighted by atomic mass is 10.1. The normalized spacial score (nSPS) is 10.6. The fraction of sp³-hybridized carbons (Fsp3) is 0.161. The van der Waals surface area contributed by atoms with Crippen molar-refractivity contribution in [2.45, 2.75) is 26.4 Å². The van der Waals surface area contributed by atoms with Gasteiger partial charge < -0.3 is 9.80 Å². The van der Waals surface area contributed by atoms with Gasteiger partial charge in [-0.2, -0.15) is 0 Å². The molecule has 0 aromatic heterocycles. The van der Waals surface area contributed by atoms with Crippen LogP contribution in [0.15, 0.2) is 109 Å². The molecule has 0 saturated carbocycles. The predicted molar refractivity (Wildman–Crippen MR) is 141 cm³/mol. The largest absolute Gasteiger partial charge is 0.341 e. The summed E-state index contributed by atoms with van der Waals surface area (Å²) in [6.07, 6.45) is 0.314. The van der Waals surface area contributed by atoms with Crippen molar-refractivity contribution in [1.29, 1.82) is 0 Å². The third-order valence-corrected chi connectivity index (χ3v) is 6.02. The zero-order valence-corrected chi connectivity index (χ0v) is 20.2. The Morgan fingerprint density at radius 2 is 1.17 bits per heavy atom. The molecule has 0 aliphatic heterocycles. The van der Waals surface area contributed by atoms with E-state index in [0.717, 1.165) is 27.9 Å². The van der Waals surface area contributed by atoms with Crippen LogP contribution in [0.3, 0.4) is 0 Å². The molecule has 4 heteroatoms. The summed E-state index contributed by atoms with van der Waals surface area (Å²) in [6.45, 7) is 3.05. The molecule has 35 heavy (non-hydrogen) atoms. The standard InChI is InChI=1S/C31H30N2O2/c1-24-13-17-28(18-14-24)31(35)33(23-27-11-7-4-8-12-27)29-19-15-25(16-20-29)21-30(34)32(2)22-26-9-5-3-6-10-26/h3-20H,21-23H2,1-2H3. The summed E-state index contributed by atoms with van der Waals surface area (Å²) in [4.78, 5) is 29.7. The average Bonchev–Trinajstić information content (AvgIpc) is 2.89. The summed E-state index contributed by atoms with van der Waals surface area (Å²) in [5.41, 5.74) is 5.63. The summed E-state index contributed by atoms with van der Waals surface area (Å²) in [6, 6.07) is 35.3. The minimum absolute atomic E-state index is 0.0541. The number of carbonyl (C=O) groups is 2. The smallest absolute Gasteiger partial charge is 0.258 e. The lowest BCUT2D eigenvalue weighted by molar-refractivity contribution is -0.129. The fourth-order valence-corrected chi connectivity index (χ4v) is 3.95. The van der Waals surface area contributed by atoms with E-state index < -0.39 is 0 Å². The first-order valence-corrected chi connectivity index (χ1v) is 11.8. The van der Waals surface area contributed by atoms with Gasteiger partial charge >= 0.3 is 0 Å². The Balaban J connectivity index is 1.50. The number of anilines is 1. The molecule has 0 unspecified atom stereocenters. The van der Waals surface area contributed by atoms with Crippen molar-refractivity contribution in [3.05, 3.63) is 137 Å². The van der Waals surface area contributed by atoms with Crippen LogP contribution in [0.25, 0.3) is 0 Å². The number of hydrogen-bond donors (Lipinski definition) is 0. The number of hydrogen-bond acceptors (Lipinski definition) is 2. The molecule has 0 fully saturated rings. The zero-order valence-electron chi connectivity index (χ0n) is 20.2. The molecule has 2 amide bonds. The van der Waals surface area contributed by atoms with Crippen LogP contribution in [-0.2, 0) is 24.3 Å². The molecule has 0 saturated heterocycles. The predicted octanol–water partition coefficient (Wildman–Crippen LogP) is 6.04. The van der Waals surface area contributed by atoms with Crippen molar-refractivity contribution in [2.24, 2.45) is 0 Å². The van der Waals surface area contributed by atoms with Crippen molar-refractivity contribution in [3.8, 4) is 0 Å². The van der Waals surface area contributed by atoms with E-state index in [1.165, 1.54) is 0 Å². The van der Waals surface area contributed by atoms with E-state index in [2.05, 4.69) is 0 Å². The van der Waals surface area contributed by atoms with E-state index >= 15 is 0 Å². The molecule has 4 nitrogen and oxygen atoms in total. The molecule has 4 aromatic rings. The van der Waals surface area contributed by atoms with Crippen molar-refractivity contribution >= 4 is 17.5 Å². The van der Waals surface area contributed by atoms with Crippen molar-refractivity contribution in [1.82, 2.24) is 4.90 Å². The number of aryl methyl sites for hydroxylation is 1. The molecule has 4 rings (SSSR count). The lowest BCUT2D eigenvalue weighted by Gasteiger charge is -2.24. The van der Waals surface area contributed by atoms with Gasteiger partial charge in [0.05, 0.1) is 13.0 Å². The Bertz CT molecular complexity index is 1250. The maximum atomic E-state index is 13.5. The SMILES string of the molecule is Cc1ccc(C(=O)N(Cc2ccccc2)c2ccc(CC(=O)N(C)Cc3ccccc3)cc2)cc1. The molecule has 0 bridgehead atoms. The third kappa shape index (κ3) is 6.45. The quantitative estimate of drug-likeness (QED) is 0.320. The molecule has 0 aliphatic rings. The van der Waals surface area contributed by atoms with Gasteiger partial charge in [-0.15, -0.1) is 0 Å². The molecule has 0 heterocycles. The number of carbonyl (C=O) groups excluding carboxylic acids is 2. The summed E-state index contributed by atoms with van der Waals surface area (Å²) in [5, 5.41) is 0. The van der Waals surface area contributed by atoms with Gasteiger partial charge in [0.2, 0.25) is 5.91 Å². The van der Waals surface area contributed by atoms with Crippen molar-refractivity contribution in [3.63, 3.8) is 0 Å². The molecule has 0 N–H and O–H groups in total. The molecular weight excluding hydrogens is 432 g/mol. The van der Waals surface area contributed by atoms with E-state index in [0.29, 0.717) is 25.1 Å². The van der Waals surface area contributed by atoms with Crippen LogP contribution < -0.4 is 4.90 Å². The van der Waals surface area contributed by atoms with Crippen LogP contribution in [0.4, 0.5) is 5.69 Å². The van der Waals surface area contributed by atoms with Crippen molar-refractivity contribution < 1.29 is 9.59 Å². The monoisotopic (exact) mass is 462 g/mol. The second kappa shape index (κ2) is 11.3. The highest BCUT2D eigenvalue weighted by Gasteiger charge is 2.19. The van der Waals surface area contributed by atoms with Crippen LogP contribution >= 0.6 is 0 Å². The first kappa shape index (κ1) is 24.0. The number of nitrogens with zero attached hydrogens (tertiary/aromatic N) is 2. The van der Waals surface area contributed by atoms with Crippen molar-refractivity contribution in [2.75, 3.05) is 11.9 Å². The first-order chi connectivity index (χ1) is 17.0. The second-order valence-electron chi connectivity index (χ2n) is 8.82. The van der Waals surface area contributed by atoms with Gasteiger partial charge in [0.15, 0.2) is 0 Å². The Kier molecular flexibility index (Phi) is 7.74. The fourth-order valence-electron chi connectivity index (χ4n) is 3.95. The van der Waals surface area contributed by atoms with E-state index in [1.54, 1.807) is 9.80 Å². The molecule has 176 valence electrons. The summed E-state index contributed by atoms with van der Waals surface area (Å²) in [5.74, 6) is -0.00116. The van der Waals surface area contributed by atoms with Crippen LogP contribution in [0.1, 0.15) is 32.6 Å². The van der Waals surface area contributed by atoms with Gasteiger partial charge in [-0.05, 0) is 47.9 Å².